The molecule has 0 fully saturated rings. The number of para-hydroxylation sites is 1. The van der Waals surface area contributed by atoms with Gasteiger partial charge in [-0.3, -0.25) is 14.6 Å². The number of benzene rings is 2. The van der Waals surface area contributed by atoms with Crippen LogP contribution < -0.4 is 9.47 Å². The van der Waals surface area contributed by atoms with E-state index in [9.17, 15) is 9.59 Å². The third-order valence-corrected chi connectivity index (χ3v) is 5.23. The van der Waals surface area contributed by atoms with Gasteiger partial charge in [-0.05, 0) is 71.1 Å². The van der Waals surface area contributed by atoms with Gasteiger partial charge in [0.15, 0.2) is 11.6 Å². The number of hydrogen-bond donors (Lipinski definition) is 1. The fourth-order valence-corrected chi connectivity index (χ4v) is 3.47. The zero-order valence-electron chi connectivity index (χ0n) is 18.7. The second-order valence-electron chi connectivity index (χ2n) is 7.61. The molecule has 4 aromatic rings. The minimum Gasteiger partial charge on any atom is -0.496 e. The molecular formula is C28H24N2O4. The van der Waals surface area contributed by atoms with Gasteiger partial charge in [0.05, 0.1) is 19.0 Å². The molecule has 1 N–H and O–H groups in total. The van der Waals surface area contributed by atoms with E-state index in [2.05, 4.69) is 9.97 Å². The summed E-state index contributed by atoms with van der Waals surface area (Å²) in [5, 5.41) is 1.07. The summed E-state index contributed by atoms with van der Waals surface area (Å²) in [5.41, 5.74) is 3.58. The molecule has 0 bridgehead atoms. The van der Waals surface area contributed by atoms with Crippen molar-refractivity contribution in [3.8, 4) is 11.5 Å². The van der Waals surface area contributed by atoms with E-state index in [1.165, 1.54) is 12.2 Å². The lowest BCUT2D eigenvalue weighted by Gasteiger charge is -2.10. The second-order valence-corrected chi connectivity index (χ2v) is 7.61. The van der Waals surface area contributed by atoms with Gasteiger partial charge in [0.2, 0.25) is 0 Å². The predicted octanol–water partition coefficient (Wildman–Crippen LogP) is 5.41. The molecule has 0 aliphatic carbocycles. The fourth-order valence-electron chi connectivity index (χ4n) is 3.47. The van der Waals surface area contributed by atoms with Crippen LogP contribution >= 0.6 is 0 Å². The van der Waals surface area contributed by atoms with Crippen LogP contribution in [0.3, 0.4) is 0 Å². The van der Waals surface area contributed by atoms with E-state index in [1.54, 1.807) is 37.7 Å². The van der Waals surface area contributed by atoms with Gasteiger partial charge in [-0.1, -0.05) is 18.2 Å². The second kappa shape index (κ2) is 10.9. The number of carbonyl (C=O) groups excluding carboxylic acids is 2. The first-order valence-electron chi connectivity index (χ1n) is 10.8. The Balaban J connectivity index is 1.35. The highest BCUT2D eigenvalue weighted by Gasteiger charge is 2.07. The molecule has 170 valence electrons. The monoisotopic (exact) mass is 452 g/mol. The molecule has 2 aromatic heterocycles. The van der Waals surface area contributed by atoms with Crippen molar-refractivity contribution in [3.63, 3.8) is 0 Å². The van der Waals surface area contributed by atoms with Gasteiger partial charge >= 0.3 is 0 Å². The number of allylic oxidation sites excluding steroid dienone is 2. The smallest absolute Gasteiger partial charge is 0.163 e. The predicted molar refractivity (Wildman–Crippen MR) is 133 cm³/mol. The quantitative estimate of drug-likeness (QED) is 0.257. The van der Waals surface area contributed by atoms with Crippen molar-refractivity contribution in [3.05, 3.63) is 102 Å². The van der Waals surface area contributed by atoms with Crippen LogP contribution in [0.15, 0.2) is 85.3 Å². The molecule has 2 heterocycles. The maximum atomic E-state index is 12.3. The molecule has 34 heavy (non-hydrogen) atoms. The van der Waals surface area contributed by atoms with E-state index in [0.29, 0.717) is 23.7 Å². The minimum atomic E-state index is -0.284. The molecule has 0 saturated carbocycles. The molecule has 6 heteroatoms. The summed E-state index contributed by atoms with van der Waals surface area (Å²) >= 11 is 0. The first-order chi connectivity index (χ1) is 16.6. The summed E-state index contributed by atoms with van der Waals surface area (Å²) in [5.74, 6) is 0.675. The van der Waals surface area contributed by atoms with Gasteiger partial charge in [0.25, 0.3) is 0 Å². The number of aromatic amines is 1. The number of aromatic nitrogens is 2. The van der Waals surface area contributed by atoms with E-state index in [1.807, 2.05) is 54.7 Å². The van der Waals surface area contributed by atoms with Gasteiger partial charge in [-0.2, -0.15) is 0 Å². The van der Waals surface area contributed by atoms with Crippen LogP contribution in [0.5, 0.6) is 11.5 Å². The highest BCUT2D eigenvalue weighted by molar-refractivity contribution is 6.11. The van der Waals surface area contributed by atoms with Crippen LogP contribution in [0, 0.1) is 0 Å². The summed E-state index contributed by atoms with van der Waals surface area (Å²) in [4.78, 5) is 31.7. The number of pyridine rings is 1. The maximum Gasteiger partial charge on any atom is 0.163 e. The molecule has 2 aromatic carbocycles. The van der Waals surface area contributed by atoms with Gasteiger partial charge < -0.3 is 14.5 Å². The van der Waals surface area contributed by atoms with E-state index in [-0.39, 0.29) is 18.0 Å². The molecule has 0 unspecified atom stereocenters. The zero-order valence-corrected chi connectivity index (χ0v) is 18.7. The Hall–Kier alpha value is -4.45. The number of nitrogens with zero attached hydrogens (tertiary/aromatic N) is 1. The summed E-state index contributed by atoms with van der Waals surface area (Å²) in [6.07, 6.45) is 11.3. The highest BCUT2D eigenvalue weighted by Crippen LogP contribution is 2.26. The molecule has 4 rings (SSSR count). The van der Waals surface area contributed by atoms with Crippen molar-refractivity contribution in [2.75, 3.05) is 7.11 Å². The largest absolute Gasteiger partial charge is 0.496 e. The number of H-pyrrole nitrogens is 1. The average molecular weight is 453 g/mol. The Morgan fingerprint density at radius 3 is 2.47 bits per heavy atom. The Morgan fingerprint density at radius 1 is 0.941 bits per heavy atom. The standard InChI is InChI=1S/C28H24N2O4/c1-33-27-18-26(34-19-20-11-14-29-15-12-20)10-7-21(27)5-8-24(31)17-25(32)9-6-22-3-2-4-23-13-16-30-28(22)23/h2-16,18,30H,17,19H2,1H3. The van der Waals surface area contributed by atoms with Crippen molar-refractivity contribution < 1.29 is 19.1 Å². The Kier molecular flexibility index (Phi) is 7.30. The van der Waals surface area contributed by atoms with Crippen molar-refractivity contribution >= 4 is 34.6 Å². The molecule has 0 spiro atoms. The Morgan fingerprint density at radius 2 is 1.71 bits per heavy atom. The molecule has 0 saturated heterocycles. The zero-order chi connectivity index (χ0) is 23.8. The minimum absolute atomic E-state index is 0.205. The van der Waals surface area contributed by atoms with Gasteiger partial charge in [0, 0.05) is 30.2 Å². The number of fused-ring (bicyclic) bond motifs is 1. The fraction of sp³-hybridized carbons (Fsp3) is 0.107. The lowest BCUT2D eigenvalue weighted by atomic mass is 10.1. The van der Waals surface area contributed by atoms with Crippen molar-refractivity contribution in [2.24, 2.45) is 0 Å². The number of hydrogen-bond acceptors (Lipinski definition) is 5. The Labute approximate surface area is 197 Å². The lowest BCUT2D eigenvalue weighted by molar-refractivity contribution is -0.121. The van der Waals surface area contributed by atoms with Gasteiger partial charge in [-0.15, -0.1) is 0 Å². The van der Waals surface area contributed by atoms with Crippen molar-refractivity contribution in [1.29, 1.82) is 0 Å². The molecule has 0 aliphatic heterocycles. The summed E-state index contributed by atoms with van der Waals surface area (Å²) in [7, 11) is 1.56. The number of ether oxygens (including phenoxy) is 2. The lowest BCUT2D eigenvalue weighted by Crippen LogP contribution is -2.02. The molecular weight excluding hydrogens is 428 g/mol. The van der Waals surface area contributed by atoms with E-state index in [4.69, 9.17) is 9.47 Å². The first-order valence-corrected chi connectivity index (χ1v) is 10.8. The van der Waals surface area contributed by atoms with Gasteiger partial charge in [0.1, 0.15) is 18.1 Å². The molecule has 0 amide bonds. The van der Waals surface area contributed by atoms with Crippen LogP contribution in [0.1, 0.15) is 23.1 Å². The van der Waals surface area contributed by atoms with Crippen LogP contribution in [0.25, 0.3) is 23.1 Å². The number of ketones is 2. The van der Waals surface area contributed by atoms with Crippen LogP contribution in [0.4, 0.5) is 0 Å². The van der Waals surface area contributed by atoms with E-state index < -0.39 is 0 Å². The maximum absolute atomic E-state index is 12.3. The van der Waals surface area contributed by atoms with Crippen LogP contribution in [0.2, 0.25) is 0 Å². The van der Waals surface area contributed by atoms with Crippen molar-refractivity contribution in [2.45, 2.75) is 13.0 Å². The van der Waals surface area contributed by atoms with E-state index >= 15 is 0 Å². The molecule has 6 nitrogen and oxygen atoms in total. The number of nitrogens with one attached hydrogen (secondary N) is 1. The normalized spacial score (nSPS) is 11.3. The number of carbonyl (C=O) groups is 2. The van der Waals surface area contributed by atoms with Crippen LogP contribution in [-0.2, 0) is 16.2 Å². The van der Waals surface area contributed by atoms with Gasteiger partial charge in [-0.25, -0.2) is 0 Å². The molecule has 0 aliphatic rings. The summed E-state index contributed by atoms with van der Waals surface area (Å²) < 4.78 is 11.2. The third-order valence-electron chi connectivity index (χ3n) is 5.23. The summed E-state index contributed by atoms with van der Waals surface area (Å²) in [6, 6.07) is 17.0. The number of methoxy groups -OCH3 is 1. The third kappa shape index (κ3) is 5.86. The van der Waals surface area contributed by atoms with Crippen molar-refractivity contribution in [1.82, 2.24) is 9.97 Å². The van der Waals surface area contributed by atoms with E-state index in [0.717, 1.165) is 22.0 Å². The molecule has 0 radical (unpaired) electrons. The van der Waals surface area contributed by atoms with Crippen LogP contribution in [-0.4, -0.2) is 28.6 Å². The molecule has 0 atom stereocenters. The Bertz CT molecular complexity index is 1350. The topological polar surface area (TPSA) is 81.3 Å². The number of rotatable bonds is 10. The first kappa shape index (κ1) is 22.7. The summed E-state index contributed by atoms with van der Waals surface area (Å²) in [6.45, 7) is 0.410. The SMILES string of the molecule is COc1cc(OCc2ccncc2)ccc1C=CC(=O)CC(=O)C=Cc1cccc2cc[nH]c12. The highest BCUT2D eigenvalue weighted by atomic mass is 16.5. The average Bonchev–Trinajstić information content (AvgIpc) is 3.35.